The zero-order chi connectivity index (χ0) is 9.42. The Labute approximate surface area is 75.6 Å². The van der Waals surface area contributed by atoms with E-state index in [1.165, 1.54) is 0 Å². The number of amides is 1. The summed E-state index contributed by atoms with van der Waals surface area (Å²) >= 11 is 0. The lowest BCUT2D eigenvalue weighted by Crippen LogP contribution is -2.33. The van der Waals surface area contributed by atoms with Gasteiger partial charge in [0.25, 0.3) is 0 Å². The SMILES string of the molecule is CC1=CC2=NC(=O)C(N)=NC2C=C1. The quantitative estimate of drug-likeness (QED) is 0.571. The van der Waals surface area contributed by atoms with Crippen LogP contribution in [0.5, 0.6) is 0 Å². The zero-order valence-corrected chi connectivity index (χ0v) is 7.19. The minimum Gasteiger partial charge on any atom is -0.379 e. The first-order chi connectivity index (χ1) is 6.16. The molecule has 2 aliphatic rings. The van der Waals surface area contributed by atoms with Crippen LogP contribution in [0.2, 0.25) is 0 Å². The summed E-state index contributed by atoms with van der Waals surface area (Å²) in [4.78, 5) is 18.9. The van der Waals surface area contributed by atoms with Crippen LogP contribution in [0.25, 0.3) is 0 Å². The molecule has 2 rings (SSSR count). The number of nitrogens with two attached hydrogens (primary N) is 1. The van der Waals surface area contributed by atoms with Gasteiger partial charge in [-0.1, -0.05) is 12.2 Å². The molecular formula is C9H9N3O. The molecule has 0 radical (unpaired) electrons. The highest BCUT2D eigenvalue weighted by atomic mass is 16.1. The molecule has 66 valence electrons. The van der Waals surface area contributed by atoms with Gasteiger partial charge in [0.2, 0.25) is 0 Å². The number of carbonyl (C=O) groups is 1. The second-order valence-electron chi connectivity index (χ2n) is 3.05. The van der Waals surface area contributed by atoms with Gasteiger partial charge in [0.1, 0.15) is 6.04 Å². The lowest BCUT2D eigenvalue weighted by Gasteiger charge is -2.17. The van der Waals surface area contributed by atoms with Crippen LogP contribution < -0.4 is 5.73 Å². The van der Waals surface area contributed by atoms with Gasteiger partial charge in [-0.15, -0.1) is 0 Å². The van der Waals surface area contributed by atoms with Gasteiger partial charge < -0.3 is 5.73 Å². The first kappa shape index (κ1) is 7.91. The fourth-order valence-corrected chi connectivity index (χ4v) is 1.30. The van der Waals surface area contributed by atoms with Gasteiger partial charge in [-0.05, 0) is 18.6 Å². The minimum absolute atomic E-state index is 0.00801. The second-order valence-corrected chi connectivity index (χ2v) is 3.05. The van der Waals surface area contributed by atoms with Crippen molar-refractivity contribution in [1.29, 1.82) is 0 Å². The van der Waals surface area contributed by atoms with Crippen molar-refractivity contribution in [2.45, 2.75) is 13.0 Å². The van der Waals surface area contributed by atoms with Crippen LogP contribution in [-0.2, 0) is 4.79 Å². The van der Waals surface area contributed by atoms with E-state index >= 15 is 0 Å². The molecule has 0 aromatic carbocycles. The van der Waals surface area contributed by atoms with Gasteiger partial charge in [0.05, 0.1) is 5.71 Å². The van der Waals surface area contributed by atoms with Gasteiger partial charge in [0.15, 0.2) is 5.84 Å². The molecule has 4 nitrogen and oxygen atoms in total. The molecule has 1 aliphatic carbocycles. The van der Waals surface area contributed by atoms with Crippen molar-refractivity contribution < 1.29 is 4.79 Å². The molecule has 0 saturated carbocycles. The van der Waals surface area contributed by atoms with Gasteiger partial charge in [-0.25, -0.2) is 9.98 Å². The fraction of sp³-hybridized carbons (Fsp3) is 0.222. The maximum absolute atomic E-state index is 11.1. The third-order valence-electron chi connectivity index (χ3n) is 1.95. The molecule has 4 heteroatoms. The average molecular weight is 175 g/mol. The molecule has 0 aromatic heterocycles. The molecule has 0 saturated heterocycles. The summed E-state index contributed by atoms with van der Waals surface area (Å²) in [5, 5.41) is 0. The summed E-state index contributed by atoms with van der Waals surface area (Å²) in [5.41, 5.74) is 7.11. The zero-order valence-electron chi connectivity index (χ0n) is 7.19. The van der Waals surface area contributed by atoms with Crippen LogP contribution in [0, 0.1) is 0 Å². The number of allylic oxidation sites excluding steroid dienone is 2. The fourth-order valence-electron chi connectivity index (χ4n) is 1.30. The summed E-state index contributed by atoms with van der Waals surface area (Å²) in [5.74, 6) is -0.447. The largest absolute Gasteiger partial charge is 0.379 e. The Morgan fingerprint density at radius 1 is 1.54 bits per heavy atom. The Morgan fingerprint density at radius 3 is 3.08 bits per heavy atom. The van der Waals surface area contributed by atoms with Gasteiger partial charge >= 0.3 is 5.91 Å². The summed E-state index contributed by atoms with van der Waals surface area (Å²) in [6.45, 7) is 1.95. The molecular weight excluding hydrogens is 166 g/mol. The third kappa shape index (κ3) is 1.30. The highest BCUT2D eigenvalue weighted by molar-refractivity contribution is 6.41. The first-order valence-corrected chi connectivity index (χ1v) is 3.99. The number of hydrogen-bond donors (Lipinski definition) is 1. The van der Waals surface area contributed by atoms with E-state index in [1.807, 2.05) is 25.2 Å². The van der Waals surface area contributed by atoms with E-state index in [-0.39, 0.29) is 11.9 Å². The van der Waals surface area contributed by atoms with E-state index in [0.29, 0.717) is 5.71 Å². The number of aliphatic imine (C=N–C) groups is 2. The molecule has 1 unspecified atom stereocenters. The lowest BCUT2D eigenvalue weighted by atomic mass is 10.0. The Bertz CT molecular complexity index is 388. The summed E-state index contributed by atoms with van der Waals surface area (Å²) < 4.78 is 0. The highest BCUT2D eigenvalue weighted by Gasteiger charge is 2.22. The highest BCUT2D eigenvalue weighted by Crippen LogP contribution is 2.13. The normalized spacial score (nSPS) is 26.1. The van der Waals surface area contributed by atoms with E-state index < -0.39 is 5.91 Å². The number of rotatable bonds is 0. The maximum atomic E-state index is 11.1. The number of amidine groups is 1. The maximum Gasteiger partial charge on any atom is 0.312 e. The number of fused-ring (bicyclic) bond motifs is 1. The van der Waals surface area contributed by atoms with Crippen LogP contribution in [-0.4, -0.2) is 23.5 Å². The van der Waals surface area contributed by atoms with E-state index in [1.54, 1.807) is 0 Å². The van der Waals surface area contributed by atoms with E-state index in [0.717, 1.165) is 5.57 Å². The average Bonchev–Trinajstić information content (AvgIpc) is 2.08. The van der Waals surface area contributed by atoms with Crippen molar-refractivity contribution in [2.24, 2.45) is 15.7 Å². The molecule has 0 bridgehead atoms. The first-order valence-electron chi connectivity index (χ1n) is 3.99. The molecule has 0 aromatic rings. The topological polar surface area (TPSA) is 67.8 Å². The Morgan fingerprint density at radius 2 is 2.31 bits per heavy atom. The van der Waals surface area contributed by atoms with Crippen molar-refractivity contribution in [3.63, 3.8) is 0 Å². The van der Waals surface area contributed by atoms with Crippen molar-refractivity contribution in [2.75, 3.05) is 0 Å². The van der Waals surface area contributed by atoms with Crippen LogP contribution in [0.1, 0.15) is 6.92 Å². The molecule has 1 aliphatic heterocycles. The molecule has 2 N–H and O–H groups in total. The molecule has 1 heterocycles. The predicted octanol–water partition coefficient (Wildman–Crippen LogP) is 0.210. The Hall–Kier alpha value is -1.71. The van der Waals surface area contributed by atoms with Crippen molar-refractivity contribution in [1.82, 2.24) is 0 Å². The van der Waals surface area contributed by atoms with Crippen LogP contribution in [0.3, 0.4) is 0 Å². The third-order valence-corrected chi connectivity index (χ3v) is 1.95. The smallest absolute Gasteiger partial charge is 0.312 e. The van der Waals surface area contributed by atoms with E-state index in [4.69, 9.17) is 5.73 Å². The van der Waals surface area contributed by atoms with Crippen molar-refractivity contribution in [3.05, 3.63) is 23.8 Å². The van der Waals surface area contributed by atoms with Crippen molar-refractivity contribution >= 4 is 17.5 Å². The number of carbonyl (C=O) groups excluding carboxylic acids is 1. The van der Waals surface area contributed by atoms with Gasteiger partial charge in [0, 0.05) is 0 Å². The van der Waals surface area contributed by atoms with Crippen LogP contribution in [0.4, 0.5) is 0 Å². The predicted molar refractivity (Wildman–Crippen MR) is 50.7 cm³/mol. The van der Waals surface area contributed by atoms with Crippen LogP contribution in [0.15, 0.2) is 33.8 Å². The molecule has 1 atom stereocenters. The van der Waals surface area contributed by atoms with E-state index in [9.17, 15) is 4.79 Å². The molecule has 0 spiro atoms. The Balaban J connectivity index is 2.41. The van der Waals surface area contributed by atoms with E-state index in [2.05, 4.69) is 9.98 Å². The van der Waals surface area contributed by atoms with Gasteiger partial charge in [-0.3, -0.25) is 4.79 Å². The summed E-state index contributed by atoms with van der Waals surface area (Å²) in [6, 6.07) is -0.165. The summed E-state index contributed by atoms with van der Waals surface area (Å²) in [6.07, 6.45) is 5.67. The van der Waals surface area contributed by atoms with Crippen LogP contribution >= 0.6 is 0 Å². The van der Waals surface area contributed by atoms with Gasteiger partial charge in [-0.2, -0.15) is 0 Å². The summed E-state index contributed by atoms with van der Waals surface area (Å²) in [7, 11) is 0. The second kappa shape index (κ2) is 2.65. The molecule has 0 fully saturated rings. The molecule has 13 heavy (non-hydrogen) atoms. The minimum atomic E-state index is -0.439. The lowest BCUT2D eigenvalue weighted by molar-refractivity contribution is -0.112. The molecule has 1 amide bonds. The number of hydrogen-bond acceptors (Lipinski definition) is 3. The van der Waals surface area contributed by atoms with Crippen molar-refractivity contribution in [3.8, 4) is 0 Å². The number of nitrogens with zero attached hydrogens (tertiary/aromatic N) is 2. The standard InChI is InChI=1S/C9H9N3O/c1-5-2-3-6-7(4-5)12-9(13)8(10)11-6/h2-4,6H,1H3,(H2,10,11). The Kier molecular flexibility index (Phi) is 1.62. The monoisotopic (exact) mass is 175 g/mol.